The van der Waals surface area contributed by atoms with Gasteiger partial charge in [0.1, 0.15) is 0 Å². The number of nitrogens with one attached hydrogen (secondary N) is 1. The molecule has 0 aliphatic heterocycles. The lowest BCUT2D eigenvalue weighted by molar-refractivity contribution is 0.144. The van der Waals surface area contributed by atoms with E-state index in [1.54, 1.807) is 0 Å². The second-order valence-corrected chi connectivity index (χ2v) is 6.18. The van der Waals surface area contributed by atoms with Crippen molar-refractivity contribution in [2.24, 2.45) is 5.92 Å². The molecule has 2 unspecified atom stereocenters. The summed E-state index contributed by atoms with van der Waals surface area (Å²) in [5.41, 5.74) is 0. The van der Waals surface area contributed by atoms with Gasteiger partial charge in [-0.05, 0) is 46.8 Å². The molecular formula is C15H35N3. The molecule has 110 valence electrons. The number of likely N-dealkylation sites (N-methyl/N-ethyl adjacent to an activating group) is 1. The number of rotatable bonds is 10. The van der Waals surface area contributed by atoms with Gasteiger partial charge >= 0.3 is 0 Å². The van der Waals surface area contributed by atoms with Gasteiger partial charge in [0, 0.05) is 31.7 Å². The van der Waals surface area contributed by atoms with E-state index >= 15 is 0 Å². The van der Waals surface area contributed by atoms with Crippen LogP contribution < -0.4 is 5.32 Å². The molecule has 0 aromatic rings. The Hall–Kier alpha value is -0.120. The highest BCUT2D eigenvalue weighted by Gasteiger charge is 2.20. The lowest BCUT2D eigenvalue weighted by Crippen LogP contribution is -2.50. The van der Waals surface area contributed by atoms with Crippen LogP contribution in [-0.4, -0.2) is 62.2 Å². The number of hydrogen-bond acceptors (Lipinski definition) is 3. The molecule has 3 nitrogen and oxygen atoms in total. The van der Waals surface area contributed by atoms with Crippen LogP contribution in [0, 0.1) is 5.92 Å². The second kappa shape index (κ2) is 9.76. The minimum absolute atomic E-state index is 0.561. The van der Waals surface area contributed by atoms with Crippen LogP contribution in [0.5, 0.6) is 0 Å². The largest absolute Gasteiger partial charge is 0.313 e. The minimum Gasteiger partial charge on any atom is -0.313 e. The molecule has 0 saturated heterocycles. The first-order valence-electron chi connectivity index (χ1n) is 7.50. The molecule has 0 radical (unpaired) electrons. The highest BCUT2D eigenvalue weighted by atomic mass is 15.2. The molecule has 0 heterocycles. The molecule has 1 N–H and O–H groups in total. The summed E-state index contributed by atoms with van der Waals surface area (Å²) in [4.78, 5) is 4.89. The number of hydrogen-bond donors (Lipinski definition) is 1. The van der Waals surface area contributed by atoms with Gasteiger partial charge in [0.2, 0.25) is 0 Å². The fraction of sp³-hybridized carbons (Fsp3) is 1.00. The predicted molar refractivity (Wildman–Crippen MR) is 82.2 cm³/mol. The summed E-state index contributed by atoms with van der Waals surface area (Å²) in [6, 6.07) is 1.16. The molecule has 0 aliphatic carbocycles. The first kappa shape index (κ1) is 17.9. The third-order valence-electron chi connectivity index (χ3n) is 3.45. The van der Waals surface area contributed by atoms with Gasteiger partial charge in [0.15, 0.2) is 0 Å². The third kappa shape index (κ3) is 8.06. The van der Waals surface area contributed by atoms with Gasteiger partial charge in [-0.1, -0.05) is 20.8 Å². The Morgan fingerprint density at radius 2 is 1.61 bits per heavy atom. The fourth-order valence-electron chi connectivity index (χ4n) is 2.12. The fourth-order valence-corrected chi connectivity index (χ4v) is 2.12. The predicted octanol–water partition coefficient (Wildman–Crippen LogP) is 2.28. The monoisotopic (exact) mass is 257 g/mol. The van der Waals surface area contributed by atoms with Crippen LogP contribution >= 0.6 is 0 Å². The van der Waals surface area contributed by atoms with Crippen LogP contribution in [0.25, 0.3) is 0 Å². The third-order valence-corrected chi connectivity index (χ3v) is 3.45. The Morgan fingerprint density at radius 1 is 1.00 bits per heavy atom. The van der Waals surface area contributed by atoms with E-state index in [0.29, 0.717) is 12.1 Å². The molecule has 0 amide bonds. The minimum atomic E-state index is 0.561. The van der Waals surface area contributed by atoms with Crippen molar-refractivity contribution >= 4 is 0 Å². The zero-order valence-electron chi connectivity index (χ0n) is 13.7. The van der Waals surface area contributed by atoms with Gasteiger partial charge in [-0.15, -0.1) is 0 Å². The summed E-state index contributed by atoms with van der Waals surface area (Å²) in [6.45, 7) is 16.1. The van der Waals surface area contributed by atoms with E-state index in [2.05, 4.69) is 63.8 Å². The summed E-state index contributed by atoms with van der Waals surface area (Å²) in [7, 11) is 4.30. The highest BCUT2D eigenvalue weighted by molar-refractivity contribution is 4.79. The summed E-state index contributed by atoms with van der Waals surface area (Å²) in [5, 5.41) is 3.62. The average molecular weight is 257 g/mol. The quantitative estimate of drug-likeness (QED) is 0.648. The zero-order chi connectivity index (χ0) is 14.1. The van der Waals surface area contributed by atoms with Crippen molar-refractivity contribution < 1.29 is 0 Å². The molecule has 0 rings (SSSR count). The molecule has 0 saturated carbocycles. The summed E-state index contributed by atoms with van der Waals surface area (Å²) in [6.07, 6.45) is 1.21. The summed E-state index contributed by atoms with van der Waals surface area (Å²) < 4.78 is 0. The average Bonchev–Trinajstić information content (AvgIpc) is 2.29. The van der Waals surface area contributed by atoms with Gasteiger partial charge in [0.25, 0.3) is 0 Å². The van der Waals surface area contributed by atoms with Crippen molar-refractivity contribution in [1.29, 1.82) is 0 Å². The Bertz CT molecular complexity index is 192. The van der Waals surface area contributed by atoms with E-state index in [4.69, 9.17) is 0 Å². The molecular weight excluding hydrogens is 222 g/mol. The first-order chi connectivity index (χ1) is 8.38. The van der Waals surface area contributed by atoms with E-state index < -0.39 is 0 Å². The van der Waals surface area contributed by atoms with Crippen molar-refractivity contribution in [3.63, 3.8) is 0 Å². The van der Waals surface area contributed by atoms with E-state index in [0.717, 1.165) is 25.6 Å². The van der Waals surface area contributed by atoms with Gasteiger partial charge in [-0.3, -0.25) is 4.90 Å². The van der Waals surface area contributed by atoms with Gasteiger partial charge in [-0.25, -0.2) is 0 Å². The van der Waals surface area contributed by atoms with Crippen LogP contribution in [0.2, 0.25) is 0 Å². The van der Waals surface area contributed by atoms with Gasteiger partial charge in [0.05, 0.1) is 0 Å². The maximum absolute atomic E-state index is 3.62. The van der Waals surface area contributed by atoms with E-state index in [1.807, 2.05) is 0 Å². The normalized spacial score (nSPS) is 15.7. The molecule has 0 aliphatic rings. The molecule has 0 fully saturated rings. The highest BCUT2D eigenvalue weighted by Crippen LogP contribution is 2.08. The molecule has 18 heavy (non-hydrogen) atoms. The van der Waals surface area contributed by atoms with Gasteiger partial charge < -0.3 is 10.2 Å². The molecule has 0 aromatic carbocycles. The molecule has 0 aromatic heterocycles. The standard InChI is InChI=1S/C15H35N3/c1-8-9-16-14(4)15(5)18(12-13(2)3)11-10-17(6)7/h13-16H,8-12H2,1-7H3. The zero-order valence-corrected chi connectivity index (χ0v) is 13.7. The van der Waals surface area contributed by atoms with Crippen molar-refractivity contribution in [3.05, 3.63) is 0 Å². The number of nitrogens with zero attached hydrogens (tertiary/aromatic N) is 2. The Kier molecular flexibility index (Phi) is 9.70. The van der Waals surface area contributed by atoms with Crippen molar-refractivity contribution in [2.75, 3.05) is 40.3 Å². The topological polar surface area (TPSA) is 18.5 Å². The SMILES string of the molecule is CCCNC(C)C(C)N(CCN(C)C)CC(C)C. The van der Waals surface area contributed by atoms with Crippen molar-refractivity contribution in [3.8, 4) is 0 Å². The Morgan fingerprint density at radius 3 is 2.06 bits per heavy atom. The van der Waals surface area contributed by atoms with Crippen LogP contribution in [0.15, 0.2) is 0 Å². The molecule has 0 spiro atoms. The van der Waals surface area contributed by atoms with Crippen LogP contribution in [0.1, 0.15) is 41.0 Å². The lowest BCUT2D eigenvalue weighted by atomic mass is 10.1. The second-order valence-electron chi connectivity index (χ2n) is 6.18. The maximum atomic E-state index is 3.62. The summed E-state index contributed by atoms with van der Waals surface area (Å²) in [5.74, 6) is 0.730. The summed E-state index contributed by atoms with van der Waals surface area (Å²) >= 11 is 0. The molecule has 2 atom stereocenters. The first-order valence-corrected chi connectivity index (χ1v) is 7.50. The van der Waals surface area contributed by atoms with Crippen molar-refractivity contribution in [2.45, 2.75) is 53.1 Å². The van der Waals surface area contributed by atoms with E-state index in [1.165, 1.54) is 13.0 Å². The van der Waals surface area contributed by atoms with Crippen molar-refractivity contribution in [1.82, 2.24) is 15.1 Å². The van der Waals surface area contributed by atoms with Crippen LogP contribution in [-0.2, 0) is 0 Å². The lowest BCUT2D eigenvalue weighted by Gasteiger charge is -2.35. The van der Waals surface area contributed by atoms with E-state index in [9.17, 15) is 0 Å². The van der Waals surface area contributed by atoms with E-state index in [-0.39, 0.29) is 0 Å². The molecule has 3 heteroatoms. The van der Waals surface area contributed by atoms with Gasteiger partial charge in [-0.2, -0.15) is 0 Å². The Balaban J connectivity index is 4.32. The van der Waals surface area contributed by atoms with Crippen LogP contribution in [0.4, 0.5) is 0 Å². The smallest absolute Gasteiger partial charge is 0.0219 e. The maximum Gasteiger partial charge on any atom is 0.0219 e. The molecule has 0 bridgehead atoms. The van der Waals surface area contributed by atoms with Crippen LogP contribution in [0.3, 0.4) is 0 Å². The Labute approximate surface area is 115 Å².